The predicted octanol–water partition coefficient (Wildman–Crippen LogP) is 3.41. The average Bonchev–Trinajstić information content (AvgIpc) is 3.07. The van der Waals surface area contributed by atoms with Crippen LogP contribution in [0.2, 0.25) is 0 Å². The molecule has 2 heterocycles. The lowest BCUT2D eigenvalue weighted by Crippen LogP contribution is -2.42. The quantitative estimate of drug-likeness (QED) is 0.860. The predicted molar refractivity (Wildman–Crippen MR) is 86.6 cm³/mol. The third-order valence-electron chi connectivity index (χ3n) is 4.78. The Balaban J connectivity index is 1.75. The van der Waals surface area contributed by atoms with Crippen LogP contribution < -0.4 is 0 Å². The summed E-state index contributed by atoms with van der Waals surface area (Å²) in [6, 6.07) is 6.82. The lowest BCUT2D eigenvalue weighted by Gasteiger charge is -2.38. The summed E-state index contributed by atoms with van der Waals surface area (Å²) in [6.07, 6.45) is 2.74. The highest BCUT2D eigenvalue weighted by Crippen LogP contribution is 2.33. The smallest absolute Gasteiger partial charge is 0.221 e. The van der Waals surface area contributed by atoms with Crippen LogP contribution in [0.1, 0.15) is 55.5 Å². The van der Waals surface area contributed by atoms with E-state index in [1.807, 2.05) is 13.0 Å². The van der Waals surface area contributed by atoms with Gasteiger partial charge in [-0.25, -0.2) is 4.39 Å². The van der Waals surface area contributed by atoms with Gasteiger partial charge >= 0.3 is 0 Å². The number of piperidine rings is 1. The van der Waals surface area contributed by atoms with E-state index in [4.69, 9.17) is 9.68 Å². The molecule has 0 spiro atoms. The number of hydrogen-bond acceptors (Lipinski definition) is 5. The van der Waals surface area contributed by atoms with Gasteiger partial charge in [-0.1, -0.05) is 13.0 Å². The normalized spacial score (nSPS) is 21.6. The maximum Gasteiger partial charge on any atom is 0.221 e. The molecule has 2 atom stereocenters. The minimum absolute atomic E-state index is 0.174. The number of aromatic nitrogens is 2. The van der Waals surface area contributed by atoms with Crippen molar-refractivity contribution in [1.82, 2.24) is 15.1 Å². The van der Waals surface area contributed by atoms with Crippen LogP contribution in [0.4, 0.5) is 4.39 Å². The number of rotatable bonds is 4. The van der Waals surface area contributed by atoms with Gasteiger partial charge in [-0.2, -0.15) is 5.26 Å². The van der Waals surface area contributed by atoms with Gasteiger partial charge < -0.3 is 4.42 Å². The Hall–Kier alpha value is -2.26. The van der Waals surface area contributed by atoms with E-state index in [0.717, 1.165) is 25.8 Å². The summed E-state index contributed by atoms with van der Waals surface area (Å²) in [5.74, 6) is 1.19. The molecule has 1 aromatic carbocycles. The van der Waals surface area contributed by atoms with Crippen molar-refractivity contribution in [2.24, 2.45) is 0 Å². The molecule has 2 aromatic rings. The molecule has 24 heavy (non-hydrogen) atoms. The molecule has 6 heteroatoms. The zero-order valence-electron chi connectivity index (χ0n) is 14.0. The number of likely N-dealkylation sites (tertiary alicyclic amines) is 1. The van der Waals surface area contributed by atoms with Gasteiger partial charge in [-0.15, -0.1) is 10.2 Å². The molecule has 0 amide bonds. The summed E-state index contributed by atoms with van der Waals surface area (Å²) in [5, 5.41) is 17.1. The molecule has 0 bridgehead atoms. The topological polar surface area (TPSA) is 66.0 Å². The fourth-order valence-corrected chi connectivity index (χ4v) is 3.29. The average molecular weight is 328 g/mol. The molecule has 1 aromatic heterocycles. The highest BCUT2D eigenvalue weighted by atomic mass is 19.1. The lowest BCUT2D eigenvalue weighted by molar-refractivity contribution is 0.117. The SMILES string of the molecule is CCc1nnc([C@H]2CCCN(Cc3ccc(C#N)cc3F)[C@H]2C)o1. The first kappa shape index (κ1) is 16.6. The summed E-state index contributed by atoms with van der Waals surface area (Å²) in [6.45, 7) is 5.54. The number of benzene rings is 1. The molecule has 0 N–H and O–H groups in total. The first-order valence-corrected chi connectivity index (χ1v) is 8.37. The minimum Gasteiger partial charge on any atom is -0.425 e. The lowest BCUT2D eigenvalue weighted by atomic mass is 9.89. The summed E-state index contributed by atoms with van der Waals surface area (Å²) in [4.78, 5) is 2.24. The van der Waals surface area contributed by atoms with E-state index in [1.54, 1.807) is 12.1 Å². The summed E-state index contributed by atoms with van der Waals surface area (Å²) < 4.78 is 19.9. The van der Waals surface area contributed by atoms with E-state index in [9.17, 15) is 4.39 Å². The molecule has 0 radical (unpaired) electrons. The highest BCUT2D eigenvalue weighted by molar-refractivity contribution is 5.32. The fourth-order valence-electron chi connectivity index (χ4n) is 3.29. The largest absolute Gasteiger partial charge is 0.425 e. The van der Waals surface area contributed by atoms with Crippen LogP contribution in [-0.2, 0) is 13.0 Å². The van der Waals surface area contributed by atoms with E-state index in [0.29, 0.717) is 29.5 Å². The van der Waals surface area contributed by atoms with Gasteiger partial charge in [0.1, 0.15) is 5.82 Å². The van der Waals surface area contributed by atoms with Gasteiger partial charge in [0.2, 0.25) is 11.8 Å². The van der Waals surface area contributed by atoms with Crippen molar-refractivity contribution in [2.75, 3.05) is 6.54 Å². The van der Waals surface area contributed by atoms with Crippen molar-refractivity contribution in [1.29, 1.82) is 5.26 Å². The van der Waals surface area contributed by atoms with Crippen molar-refractivity contribution < 1.29 is 8.81 Å². The van der Waals surface area contributed by atoms with E-state index >= 15 is 0 Å². The van der Waals surface area contributed by atoms with Gasteiger partial charge in [0.25, 0.3) is 0 Å². The first-order valence-electron chi connectivity index (χ1n) is 8.37. The third-order valence-corrected chi connectivity index (χ3v) is 4.78. The standard InChI is InChI=1S/C18H21FN4O/c1-3-17-21-22-18(24-17)15-5-4-8-23(12(15)2)11-14-7-6-13(10-20)9-16(14)19/h6-7,9,12,15H,3-5,8,11H2,1-2H3/t12-,15-/m0/s1. The second kappa shape index (κ2) is 7.10. The maximum atomic E-state index is 14.2. The molecule has 0 saturated carbocycles. The molecular weight excluding hydrogens is 307 g/mol. The number of nitriles is 1. The van der Waals surface area contributed by atoms with Crippen molar-refractivity contribution in [2.45, 2.75) is 51.6 Å². The van der Waals surface area contributed by atoms with Crippen molar-refractivity contribution >= 4 is 0 Å². The summed E-state index contributed by atoms with van der Waals surface area (Å²) in [7, 11) is 0. The monoisotopic (exact) mass is 328 g/mol. The van der Waals surface area contributed by atoms with Crippen molar-refractivity contribution in [3.63, 3.8) is 0 Å². The Morgan fingerprint density at radius 3 is 2.92 bits per heavy atom. The van der Waals surface area contributed by atoms with Crippen LogP contribution in [0.5, 0.6) is 0 Å². The number of aryl methyl sites for hydroxylation is 1. The van der Waals surface area contributed by atoms with E-state index in [-0.39, 0.29) is 17.8 Å². The van der Waals surface area contributed by atoms with E-state index in [2.05, 4.69) is 22.0 Å². The van der Waals surface area contributed by atoms with Crippen LogP contribution in [0.3, 0.4) is 0 Å². The molecule has 0 unspecified atom stereocenters. The first-order chi connectivity index (χ1) is 11.6. The number of hydrogen-bond donors (Lipinski definition) is 0. The molecule has 1 saturated heterocycles. The van der Waals surface area contributed by atoms with Crippen LogP contribution in [0.25, 0.3) is 0 Å². The Morgan fingerprint density at radius 2 is 2.25 bits per heavy atom. The molecule has 1 fully saturated rings. The van der Waals surface area contributed by atoms with E-state index in [1.165, 1.54) is 6.07 Å². The summed E-state index contributed by atoms with van der Waals surface area (Å²) in [5.41, 5.74) is 0.958. The Bertz CT molecular complexity index is 752. The van der Waals surface area contributed by atoms with E-state index < -0.39 is 0 Å². The third kappa shape index (κ3) is 3.31. The van der Waals surface area contributed by atoms with Crippen LogP contribution >= 0.6 is 0 Å². The number of nitrogens with zero attached hydrogens (tertiary/aromatic N) is 4. The zero-order valence-corrected chi connectivity index (χ0v) is 14.0. The minimum atomic E-state index is -0.325. The van der Waals surface area contributed by atoms with Gasteiger partial charge in [-0.3, -0.25) is 4.90 Å². The van der Waals surface area contributed by atoms with Gasteiger partial charge in [0.15, 0.2) is 0 Å². The Labute approximate surface area is 141 Å². The Morgan fingerprint density at radius 1 is 1.42 bits per heavy atom. The molecule has 0 aliphatic carbocycles. The van der Waals surface area contributed by atoms with Gasteiger partial charge in [-0.05, 0) is 38.4 Å². The molecule has 1 aliphatic heterocycles. The molecule has 1 aliphatic rings. The van der Waals surface area contributed by atoms with Crippen LogP contribution in [0, 0.1) is 17.1 Å². The zero-order chi connectivity index (χ0) is 17.1. The number of halogens is 1. The van der Waals surface area contributed by atoms with Crippen LogP contribution in [0.15, 0.2) is 22.6 Å². The van der Waals surface area contributed by atoms with Gasteiger partial charge in [0, 0.05) is 24.6 Å². The second-order valence-corrected chi connectivity index (χ2v) is 6.27. The highest BCUT2D eigenvalue weighted by Gasteiger charge is 2.33. The van der Waals surface area contributed by atoms with Crippen molar-refractivity contribution in [3.05, 3.63) is 46.9 Å². The van der Waals surface area contributed by atoms with Crippen LogP contribution in [-0.4, -0.2) is 27.7 Å². The molecular formula is C18H21FN4O. The Kier molecular flexibility index (Phi) is 4.91. The molecule has 3 rings (SSSR count). The summed E-state index contributed by atoms with van der Waals surface area (Å²) >= 11 is 0. The van der Waals surface area contributed by atoms with Crippen molar-refractivity contribution in [3.8, 4) is 6.07 Å². The second-order valence-electron chi connectivity index (χ2n) is 6.27. The fraction of sp³-hybridized carbons (Fsp3) is 0.500. The van der Waals surface area contributed by atoms with Gasteiger partial charge in [0.05, 0.1) is 17.6 Å². The molecule has 126 valence electrons. The maximum absolute atomic E-state index is 14.2. The molecule has 5 nitrogen and oxygen atoms in total.